The fraction of sp³-hybridized carbons (Fsp3) is 0.385. The van der Waals surface area contributed by atoms with E-state index in [1.54, 1.807) is 6.42 Å². The first-order valence-corrected chi connectivity index (χ1v) is 5.97. The molecule has 2 nitrogen and oxygen atoms in total. The van der Waals surface area contributed by atoms with Gasteiger partial charge in [0.15, 0.2) is 0 Å². The molecular formula is C13H14ClF6O2Pd. The Morgan fingerprint density at radius 2 is 1.65 bits per heavy atom. The van der Waals surface area contributed by atoms with Gasteiger partial charge in [-0.15, -0.1) is 0 Å². The fourth-order valence-electron chi connectivity index (χ4n) is 0.938. The number of allylic oxidation sites excluding steroid dienone is 3. The van der Waals surface area contributed by atoms with Gasteiger partial charge in [-0.3, -0.25) is 4.79 Å². The van der Waals surface area contributed by atoms with Crippen molar-refractivity contribution in [2.24, 2.45) is 5.92 Å². The van der Waals surface area contributed by atoms with Gasteiger partial charge in [0.2, 0.25) is 5.76 Å². The molecule has 0 aromatic carbocycles. The van der Waals surface area contributed by atoms with Crippen LogP contribution in [-0.2, 0) is 25.2 Å². The summed E-state index contributed by atoms with van der Waals surface area (Å²) in [5, 5.41) is 8.64. The number of ketones is 1. The summed E-state index contributed by atoms with van der Waals surface area (Å²) < 4.78 is 68.1. The van der Waals surface area contributed by atoms with Gasteiger partial charge in [-0.25, -0.2) is 0 Å². The van der Waals surface area contributed by atoms with Crippen LogP contribution in [0.1, 0.15) is 13.3 Å². The standard InChI is InChI=1S/C8H12Cl.C5H2F6O2.Pd/c1-4-5-7(2)6-8(3)9;6-4(7,8)2(12)1-3(13)5(9,10)11;/h4-5,7H,1,3,6H2,2H3;1,12H;/b;2-1-;. The summed E-state index contributed by atoms with van der Waals surface area (Å²) in [6.07, 6.45) is -7.05. The van der Waals surface area contributed by atoms with Gasteiger partial charge in [0.05, 0.1) is 0 Å². The van der Waals surface area contributed by atoms with Gasteiger partial charge in [-0.2, -0.15) is 26.3 Å². The summed E-state index contributed by atoms with van der Waals surface area (Å²) in [5.41, 5.74) is 0. The molecule has 1 N–H and O–H groups in total. The maximum absolute atomic E-state index is 11.4. The smallest absolute Gasteiger partial charge is 0.454 e. The van der Waals surface area contributed by atoms with Crippen molar-refractivity contribution in [1.82, 2.24) is 0 Å². The summed E-state index contributed by atoms with van der Waals surface area (Å²) in [7, 11) is 0. The van der Waals surface area contributed by atoms with Crippen LogP contribution in [0.5, 0.6) is 0 Å². The Labute approximate surface area is 149 Å². The molecule has 137 valence electrons. The summed E-state index contributed by atoms with van der Waals surface area (Å²) in [6.45, 7) is 9.25. The Balaban J connectivity index is -0.000000354. The maximum Gasteiger partial charge on any atom is 0.454 e. The molecule has 0 fully saturated rings. The van der Waals surface area contributed by atoms with E-state index >= 15 is 0 Å². The molecule has 0 amide bonds. The number of halogens is 7. The normalized spacial score (nSPS) is 13.3. The zero-order valence-electron chi connectivity index (χ0n) is 11.7. The monoisotopic (exact) mass is 457 g/mol. The first-order valence-electron chi connectivity index (χ1n) is 5.60. The SMILES string of the molecule is O=C(/C=C(\O)C(F)(F)F)C(F)(F)F.[CH2][CH][CH]C(C)CC(=C)Cl.[Pd]. The van der Waals surface area contributed by atoms with E-state index in [2.05, 4.69) is 20.4 Å². The van der Waals surface area contributed by atoms with E-state index in [-0.39, 0.29) is 20.4 Å². The molecule has 10 heteroatoms. The zero-order valence-corrected chi connectivity index (χ0v) is 14.1. The molecule has 23 heavy (non-hydrogen) atoms. The second-order valence-corrected chi connectivity index (χ2v) is 4.55. The Morgan fingerprint density at radius 1 is 1.22 bits per heavy atom. The molecule has 0 heterocycles. The first kappa shape index (κ1) is 27.3. The molecule has 0 aliphatic heterocycles. The minimum atomic E-state index is -5.42. The third-order valence-corrected chi connectivity index (χ3v) is 2.00. The molecule has 0 aliphatic rings. The summed E-state index contributed by atoms with van der Waals surface area (Å²) >= 11 is 5.56. The van der Waals surface area contributed by atoms with Gasteiger partial charge >= 0.3 is 12.4 Å². The van der Waals surface area contributed by atoms with E-state index in [0.717, 1.165) is 6.42 Å². The van der Waals surface area contributed by atoms with E-state index in [1.165, 1.54) is 0 Å². The number of rotatable bonds is 5. The van der Waals surface area contributed by atoms with Crippen molar-refractivity contribution in [1.29, 1.82) is 0 Å². The van der Waals surface area contributed by atoms with E-state index < -0.39 is 30.0 Å². The molecular weight excluding hydrogens is 444 g/mol. The van der Waals surface area contributed by atoms with E-state index in [0.29, 0.717) is 11.0 Å². The molecule has 0 aromatic rings. The predicted octanol–water partition coefficient (Wildman–Crippen LogP) is 5.13. The van der Waals surface area contributed by atoms with Crippen molar-refractivity contribution in [3.63, 3.8) is 0 Å². The number of alkyl halides is 6. The van der Waals surface area contributed by atoms with Crippen LogP contribution in [0.4, 0.5) is 26.3 Å². The number of hydrogen-bond acceptors (Lipinski definition) is 2. The fourth-order valence-corrected chi connectivity index (χ4v) is 1.18. The van der Waals surface area contributed by atoms with Gasteiger partial charge in [-0.05, 0) is 32.1 Å². The predicted molar refractivity (Wildman–Crippen MR) is 70.6 cm³/mol. The van der Waals surface area contributed by atoms with Crippen molar-refractivity contribution in [2.45, 2.75) is 25.7 Å². The Kier molecular flexibility index (Phi) is 14.2. The Hall–Kier alpha value is -0.518. The van der Waals surface area contributed by atoms with Crippen molar-refractivity contribution < 1.29 is 56.7 Å². The summed E-state index contributed by atoms with van der Waals surface area (Å²) in [5.74, 6) is -4.87. The van der Waals surface area contributed by atoms with Gasteiger partial charge in [-0.1, -0.05) is 25.1 Å². The molecule has 0 aliphatic carbocycles. The van der Waals surface area contributed by atoms with Crippen molar-refractivity contribution in [2.75, 3.05) is 0 Å². The van der Waals surface area contributed by atoms with Crippen molar-refractivity contribution >= 4 is 17.4 Å². The van der Waals surface area contributed by atoms with Crippen LogP contribution in [0.15, 0.2) is 23.4 Å². The molecule has 0 saturated carbocycles. The average molecular weight is 458 g/mol. The van der Waals surface area contributed by atoms with Crippen LogP contribution < -0.4 is 0 Å². The zero-order chi connectivity index (χ0) is 18.1. The molecule has 0 spiro atoms. The number of aliphatic hydroxyl groups excluding tert-OH is 1. The van der Waals surface area contributed by atoms with Crippen LogP contribution in [0.2, 0.25) is 0 Å². The molecule has 0 rings (SSSR count). The molecule has 3 radical (unpaired) electrons. The number of carbonyl (C=O) groups excluding carboxylic acids is 1. The van der Waals surface area contributed by atoms with Crippen LogP contribution in [0, 0.1) is 25.7 Å². The van der Waals surface area contributed by atoms with Crippen LogP contribution in [-0.4, -0.2) is 23.2 Å². The molecule has 0 saturated heterocycles. The second-order valence-electron chi connectivity index (χ2n) is 4.02. The third kappa shape index (κ3) is 16.1. The van der Waals surface area contributed by atoms with Gasteiger partial charge in [0, 0.05) is 31.5 Å². The second kappa shape index (κ2) is 11.9. The Bertz CT molecular complexity index is 404. The number of aliphatic hydroxyl groups is 1. The van der Waals surface area contributed by atoms with E-state index in [9.17, 15) is 31.1 Å². The van der Waals surface area contributed by atoms with Crippen molar-refractivity contribution in [3.05, 3.63) is 43.2 Å². The van der Waals surface area contributed by atoms with Crippen LogP contribution in [0.25, 0.3) is 0 Å². The minimum absolute atomic E-state index is 0. The van der Waals surface area contributed by atoms with E-state index in [4.69, 9.17) is 16.7 Å². The summed E-state index contributed by atoms with van der Waals surface area (Å²) in [4.78, 5) is 9.86. The topological polar surface area (TPSA) is 37.3 Å². The van der Waals surface area contributed by atoms with Crippen molar-refractivity contribution in [3.8, 4) is 0 Å². The van der Waals surface area contributed by atoms with E-state index in [1.807, 2.05) is 6.42 Å². The maximum atomic E-state index is 11.4. The summed E-state index contributed by atoms with van der Waals surface area (Å²) in [6, 6.07) is 0. The number of carbonyl (C=O) groups is 1. The Morgan fingerprint density at radius 3 is 1.91 bits per heavy atom. The largest absolute Gasteiger partial charge is 0.504 e. The first-order chi connectivity index (χ1) is 9.71. The van der Waals surface area contributed by atoms with Crippen LogP contribution >= 0.6 is 11.6 Å². The minimum Gasteiger partial charge on any atom is -0.504 e. The van der Waals surface area contributed by atoms with Gasteiger partial charge < -0.3 is 5.11 Å². The molecule has 1 atom stereocenters. The van der Waals surface area contributed by atoms with Gasteiger partial charge in [0.25, 0.3) is 5.78 Å². The van der Waals surface area contributed by atoms with Crippen LogP contribution in [0.3, 0.4) is 0 Å². The average Bonchev–Trinajstić information content (AvgIpc) is 2.26. The molecule has 1 unspecified atom stereocenters. The third-order valence-electron chi connectivity index (χ3n) is 1.85. The quantitative estimate of drug-likeness (QED) is 0.269. The molecule has 0 bridgehead atoms. The van der Waals surface area contributed by atoms with Gasteiger partial charge in [0.1, 0.15) is 0 Å². The number of hydrogen-bond donors (Lipinski definition) is 1. The molecule has 0 aromatic heterocycles.